The molecular formula is C13H20O2S. The van der Waals surface area contributed by atoms with Crippen molar-refractivity contribution in [2.24, 2.45) is 5.92 Å². The minimum atomic E-state index is 0.314. The van der Waals surface area contributed by atoms with Crippen LogP contribution in [-0.2, 0) is 22.4 Å². The number of hydrogen-bond acceptors (Lipinski definition) is 3. The van der Waals surface area contributed by atoms with Crippen LogP contribution in [0.1, 0.15) is 30.0 Å². The summed E-state index contributed by atoms with van der Waals surface area (Å²) in [5.74, 6) is 0.636. The lowest BCUT2D eigenvalue weighted by atomic mass is 10.0. The van der Waals surface area contributed by atoms with Gasteiger partial charge in [0, 0.05) is 36.3 Å². The molecule has 0 fully saturated rings. The van der Waals surface area contributed by atoms with E-state index in [1.807, 2.05) is 6.92 Å². The molecule has 1 rings (SSSR count). The highest BCUT2D eigenvalue weighted by molar-refractivity contribution is 7.12. The molecule has 0 aliphatic carbocycles. The molecule has 0 spiro atoms. The van der Waals surface area contributed by atoms with Crippen LogP contribution in [0.25, 0.3) is 0 Å². The number of ether oxygens (including phenoxy) is 1. The summed E-state index contributed by atoms with van der Waals surface area (Å²) in [6, 6.07) is 4.19. The monoisotopic (exact) mass is 240 g/mol. The molecule has 1 unspecified atom stereocenters. The van der Waals surface area contributed by atoms with Crippen molar-refractivity contribution in [3.05, 3.63) is 21.9 Å². The van der Waals surface area contributed by atoms with E-state index >= 15 is 0 Å². The zero-order chi connectivity index (χ0) is 12.0. The van der Waals surface area contributed by atoms with Crippen molar-refractivity contribution in [2.75, 3.05) is 13.7 Å². The molecule has 2 nitrogen and oxygen atoms in total. The predicted octanol–water partition coefficient (Wildman–Crippen LogP) is 3.09. The second-order valence-electron chi connectivity index (χ2n) is 4.20. The minimum Gasteiger partial charge on any atom is -0.384 e. The lowest BCUT2D eigenvalue weighted by Gasteiger charge is -2.08. The highest BCUT2D eigenvalue weighted by atomic mass is 32.1. The molecule has 1 aromatic heterocycles. The Kier molecular flexibility index (Phi) is 5.71. The Morgan fingerprint density at radius 3 is 2.69 bits per heavy atom. The highest BCUT2D eigenvalue weighted by Crippen LogP contribution is 2.18. The SMILES string of the molecule is CCc1ccc(CC(=O)CC(C)COC)s1. The topological polar surface area (TPSA) is 26.3 Å². The standard InChI is InChI=1S/C13H20O2S/c1-4-12-5-6-13(16-12)8-11(14)7-10(2)9-15-3/h5-6,10H,4,7-9H2,1-3H3. The molecule has 0 aliphatic heterocycles. The molecule has 16 heavy (non-hydrogen) atoms. The number of methoxy groups -OCH3 is 1. The first kappa shape index (κ1) is 13.4. The van der Waals surface area contributed by atoms with E-state index in [4.69, 9.17) is 4.74 Å². The van der Waals surface area contributed by atoms with Crippen LogP contribution in [-0.4, -0.2) is 19.5 Å². The van der Waals surface area contributed by atoms with Gasteiger partial charge < -0.3 is 4.74 Å². The van der Waals surface area contributed by atoms with Crippen LogP contribution in [0.2, 0.25) is 0 Å². The molecule has 0 radical (unpaired) electrons. The fraction of sp³-hybridized carbons (Fsp3) is 0.615. The van der Waals surface area contributed by atoms with Crippen molar-refractivity contribution in [2.45, 2.75) is 33.1 Å². The first-order chi connectivity index (χ1) is 7.65. The van der Waals surface area contributed by atoms with Crippen LogP contribution in [0, 0.1) is 5.92 Å². The molecule has 90 valence electrons. The summed E-state index contributed by atoms with van der Waals surface area (Å²) < 4.78 is 5.03. The summed E-state index contributed by atoms with van der Waals surface area (Å²) >= 11 is 1.75. The van der Waals surface area contributed by atoms with Crippen LogP contribution in [0.5, 0.6) is 0 Å². The molecule has 0 saturated carbocycles. The molecule has 1 heterocycles. The van der Waals surface area contributed by atoms with E-state index in [2.05, 4.69) is 19.1 Å². The van der Waals surface area contributed by atoms with Gasteiger partial charge in [-0.1, -0.05) is 13.8 Å². The smallest absolute Gasteiger partial charge is 0.138 e. The van der Waals surface area contributed by atoms with E-state index in [-0.39, 0.29) is 0 Å². The van der Waals surface area contributed by atoms with Gasteiger partial charge in [0.05, 0.1) is 0 Å². The number of aryl methyl sites for hydroxylation is 1. The second kappa shape index (κ2) is 6.81. The van der Waals surface area contributed by atoms with Gasteiger partial charge in [-0.15, -0.1) is 11.3 Å². The zero-order valence-electron chi connectivity index (χ0n) is 10.3. The summed E-state index contributed by atoms with van der Waals surface area (Å²) in [6.07, 6.45) is 2.25. The van der Waals surface area contributed by atoms with Gasteiger partial charge in [0.25, 0.3) is 0 Å². The number of hydrogen-bond donors (Lipinski definition) is 0. The summed E-state index contributed by atoms with van der Waals surface area (Å²) in [5.41, 5.74) is 0. The third kappa shape index (κ3) is 4.45. The van der Waals surface area contributed by atoms with Crippen molar-refractivity contribution < 1.29 is 9.53 Å². The Balaban J connectivity index is 2.39. The zero-order valence-corrected chi connectivity index (χ0v) is 11.1. The van der Waals surface area contributed by atoms with Crippen molar-refractivity contribution in [1.29, 1.82) is 0 Å². The molecule has 0 aromatic carbocycles. The summed E-state index contributed by atoms with van der Waals surface area (Å²) in [6.45, 7) is 4.85. The normalized spacial score (nSPS) is 12.7. The number of rotatable bonds is 7. The molecule has 1 aromatic rings. The van der Waals surface area contributed by atoms with Crippen LogP contribution in [0.3, 0.4) is 0 Å². The molecule has 3 heteroatoms. The molecule has 0 N–H and O–H groups in total. The third-order valence-electron chi connectivity index (χ3n) is 2.46. The van der Waals surface area contributed by atoms with Crippen LogP contribution >= 0.6 is 11.3 Å². The average molecular weight is 240 g/mol. The van der Waals surface area contributed by atoms with Gasteiger partial charge in [0.15, 0.2) is 0 Å². The first-order valence-corrected chi connectivity index (χ1v) is 6.55. The summed E-state index contributed by atoms with van der Waals surface area (Å²) in [4.78, 5) is 14.3. The molecule has 0 amide bonds. The van der Waals surface area contributed by atoms with Crippen molar-refractivity contribution in [3.63, 3.8) is 0 Å². The Morgan fingerprint density at radius 1 is 1.44 bits per heavy atom. The minimum absolute atomic E-state index is 0.314. The van der Waals surface area contributed by atoms with Gasteiger partial charge in [0.1, 0.15) is 5.78 Å². The first-order valence-electron chi connectivity index (χ1n) is 5.74. The number of Topliss-reactive ketones (excluding diaryl/α,β-unsaturated/α-hetero) is 1. The summed E-state index contributed by atoms with van der Waals surface area (Å²) in [7, 11) is 1.67. The third-order valence-corrected chi connectivity index (χ3v) is 3.69. The number of ketones is 1. The van der Waals surface area contributed by atoms with Crippen molar-refractivity contribution in [3.8, 4) is 0 Å². The maximum Gasteiger partial charge on any atom is 0.138 e. The van der Waals surface area contributed by atoms with Crippen LogP contribution in [0.15, 0.2) is 12.1 Å². The van der Waals surface area contributed by atoms with Gasteiger partial charge in [0.2, 0.25) is 0 Å². The van der Waals surface area contributed by atoms with Crippen molar-refractivity contribution in [1.82, 2.24) is 0 Å². The van der Waals surface area contributed by atoms with Gasteiger partial charge in [-0.2, -0.15) is 0 Å². The van der Waals surface area contributed by atoms with Gasteiger partial charge >= 0.3 is 0 Å². The fourth-order valence-electron chi connectivity index (χ4n) is 1.71. The molecule has 0 bridgehead atoms. The van der Waals surface area contributed by atoms with Gasteiger partial charge in [-0.05, 0) is 24.5 Å². The Hall–Kier alpha value is -0.670. The van der Waals surface area contributed by atoms with Gasteiger partial charge in [-0.25, -0.2) is 0 Å². The van der Waals surface area contributed by atoms with E-state index in [1.54, 1.807) is 18.4 Å². The highest BCUT2D eigenvalue weighted by Gasteiger charge is 2.10. The van der Waals surface area contributed by atoms with E-state index in [0.29, 0.717) is 31.1 Å². The molecular weight excluding hydrogens is 220 g/mol. The largest absolute Gasteiger partial charge is 0.384 e. The van der Waals surface area contributed by atoms with E-state index in [0.717, 1.165) is 6.42 Å². The van der Waals surface area contributed by atoms with Crippen molar-refractivity contribution >= 4 is 17.1 Å². The second-order valence-corrected chi connectivity index (χ2v) is 5.45. The Labute approximate surface area is 102 Å². The van der Waals surface area contributed by atoms with E-state index in [9.17, 15) is 4.79 Å². The van der Waals surface area contributed by atoms with Crippen LogP contribution < -0.4 is 0 Å². The fourth-order valence-corrected chi connectivity index (χ4v) is 2.69. The number of carbonyl (C=O) groups is 1. The maximum absolute atomic E-state index is 11.7. The Morgan fingerprint density at radius 2 is 2.12 bits per heavy atom. The summed E-state index contributed by atoms with van der Waals surface area (Å²) in [5, 5.41) is 0. The molecule has 0 aliphatic rings. The average Bonchev–Trinajstić information content (AvgIpc) is 2.65. The lowest BCUT2D eigenvalue weighted by molar-refractivity contribution is -0.119. The molecule has 1 atom stereocenters. The van der Waals surface area contributed by atoms with Crippen LogP contribution in [0.4, 0.5) is 0 Å². The maximum atomic E-state index is 11.7. The number of carbonyl (C=O) groups excluding carboxylic acids is 1. The quantitative estimate of drug-likeness (QED) is 0.732. The Bertz CT molecular complexity index is 330. The lowest BCUT2D eigenvalue weighted by Crippen LogP contribution is -2.11. The molecule has 0 saturated heterocycles. The number of thiophene rings is 1. The van der Waals surface area contributed by atoms with Gasteiger partial charge in [-0.3, -0.25) is 4.79 Å². The predicted molar refractivity (Wildman–Crippen MR) is 68.1 cm³/mol. The van der Waals surface area contributed by atoms with E-state index in [1.165, 1.54) is 9.75 Å². The van der Waals surface area contributed by atoms with E-state index < -0.39 is 0 Å².